The van der Waals surface area contributed by atoms with Gasteiger partial charge in [-0.25, -0.2) is 9.97 Å². The summed E-state index contributed by atoms with van der Waals surface area (Å²) in [5, 5.41) is 32.0. The highest BCUT2D eigenvalue weighted by molar-refractivity contribution is 5.87. The lowest BCUT2D eigenvalue weighted by atomic mass is 10.1. The topological polar surface area (TPSA) is 132 Å². The van der Waals surface area contributed by atoms with Crippen molar-refractivity contribution in [3.05, 3.63) is 48.2 Å². The number of rotatable bonds is 5. The van der Waals surface area contributed by atoms with Crippen LogP contribution in [0.3, 0.4) is 0 Å². The zero-order valence-electron chi connectivity index (χ0n) is 14.9. The molecule has 2 heterocycles. The van der Waals surface area contributed by atoms with Crippen LogP contribution in [0, 0.1) is 11.3 Å². The van der Waals surface area contributed by atoms with Gasteiger partial charge in [-0.15, -0.1) is 0 Å². The third-order valence-electron chi connectivity index (χ3n) is 4.50. The van der Waals surface area contributed by atoms with Crippen LogP contribution in [0.15, 0.2) is 42.6 Å². The molecule has 0 aliphatic carbocycles. The molecule has 0 saturated carbocycles. The van der Waals surface area contributed by atoms with Crippen molar-refractivity contribution < 1.29 is 10.2 Å². The molecule has 0 aliphatic heterocycles. The normalized spacial score (nSPS) is 11.0. The Bertz CT molecular complexity index is 1230. The van der Waals surface area contributed by atoms with Gasteiger partial charge in [-0.2, -0.15) is 5.26 Å². The fourth-order valence-electron chi connectivity index (χ4n) is 3.12. The number of hydrogen-bond donors (Lipinski definition) is 4. The molecule has 28 heavy (non-hydrogen) atoms. The number of nitriles is 1. The largest absolute Gasteiger partial charge is 0.504 e. The highest BCUT2D eigenvalue weighted by Gasteiger charge is 2.16. The van der Waals surface area contributed by atoms with E-state index in [1.54, 1.807) is 24.4 Å². The van der Waals surface area contributed by atoms with Crippen LogP contribution in [-0.2, 0) is 0 Å². The van der Waals surface area contributed by atoms with E-state index in [4.69, 9.17) is 5.73 Å². The smallest absolute Gasteiger partial charge is 0.181 e. The number of nitrogens with two attached hydrogens (primary N) is 1. The second-order valence-electron chi connectivity index (χ2n) is 6.35. The van der Waals surface area contributed by atoms with Crippen molar-refractivity contribution in [1.82, 2.24) is 14.4 Å². The lowest BCUT2D eigenvalue weighted by Crippen LogP contribution is -2.11. The van der Waals surface area contributed by atoms with Gasteiger partial charge < -0.3 is 21.3 Å². The minimum Gasteiger partial charge on any atom is -0.504 e. The average molecular weight is 374 g/mol. The van der Waals surface area contributed by atoms with Gasteiger partial charge in [0.05, 0.1) is 34.6 Å². The fraction of sp³-hybridized carbons (Fsp3) is 0.150. The monoisotopic (exact) mass is 374 g/mol. The molecule has 0 bridgehead atoms. The van der Waals surface area contributed by atoms with Gasteiger partial charge in [0, 0.05) is 12.1 Å². The molecule has 5 N–H and O–H groups in total. The number of fused-ring (bicyclic) bond motifs is 3. The van der Waals surface area contributed by atoms with E-state index in [0.717, 1.165) is 17.6 Å². The summed E-state index contributed by atoms with van der Waals surface area (Å²) in [5.41, 5.74) is 9.54. The molecule has 140 valence electrons. The van der Waals surface area contributed by atoms with Gasteiger partial charge >= 0.3 is 0 Å². The fourth-order valence-corrected chi connectivity index (χ4v) is 3.12. The van der Waals surface area contributed by atoms with E-state index < -0.39 is 0 Å². The Morgan fingerprint density at radius 1 is 1.14 bits per heavy atom. The molecule has 0 fully saturated rings. The van der Waals surface area contributed by atoms with Crippen LogP contribution in [0.1, 0.15) is 12.0 Å². The number of benzene rings is 2. The van der Waals surface area contributed by atoms with Gasteiger partial charge in [-0.3, -0.25) is 4.40 Å². The van der Waals surface area contributed by atoms with Gasteiger partial charge in [-0.1, -0.05) is 0 Å². The minimum atomic E-state index is -0.209. The summed E-state index contributed by atoms with van der Waals surface area (Å²) in [6.07, 6.45) is 2.47. The quantitative estimate of drug-likeness (QED) is 0.312. The first-order valence-electron chi connectivity index (χ1n) is 8.80. The highest BCUT2D eigenvalue weighted by Crippen LogP contribution is 2.33. The average Bonchev–Trinajstić information content (AvgIpc) is 3.15. The van der Waals surface area contributed by atoms with E-state index in [1.165, 1.54) is 12.1 Å². The molecule has 2 aromatic heterocycles. The Kier molecular flexibility index (Phi) is 4.43. The SMILES string of the molecule is N#Cc1ccc2c(c1)nc(NCCCN)c1ncc(-c3ccc(O)c(O)c3)n12. The summed E-state index contributed by atoms with van der Waals surface area (Å²) in [5.74, 6) is 0.191. The molecule has 2 aromatic carbocycles. The van der Waals surface area contributed by atoms with Crippen molar-refractivity contribution in [2.45, 2.75) is 6.42 Å². The van der Waals surface area contributed by atoms with E-state index in [-0.39, 0.29) is 11.5 Å². The molecule has 0 amide bonds. The van der Waals surface area contributed by atoms with Crippen LogP contribution < -0.4 is 11.1 Å². The Morgan fingerprint density at radius 2 is 2.00 bits per heavy atom. The molecule has 0 atom stereocenters. The number of anilines is 1. The van der Waals surface area contributed by atoms with E-state index in [2.05, 4.69) is 21.4 Å². The van der Waals surface area contributed by atoms with Crippen LogP contribution in [-0.4, -0.2) is 37.7 Å². The Morgan fingerprint density at radius 3 is 2.75 bits per heavy atom. The zero-order chi connectivity index (χ0) is 19.7. The second-order valence-corrected chi connectivity index (χ2v) is 6.35. The number of aromatic hydroxyl groups is 2. The molecule has 0 spiro atoms. The molecule has 0 saturated heterocycles. The maximum atomic E-state index is 9.90. The predicted molar refractivity (Wildman–Crippen MR) is 106 cm³/mol. The van der Waals surface area contributed by atoms with E-state index in [0.29, 0.717) is 41.2 Å². The molecule has 4 aromatic rings. The number of phenolic OH excluding ortho intramolecular Hbond substituents is 2. The maximum Gasteiger partial charge on any atom is 0.181 e. The summed E-state index contributed by atoms with van der Waals surface area (Å²) < 4.78 is 1.92. The number of imidazole rings is 1. The molecular weight excluding hydrogens is 356 g/mol. The second kappa shape index (κ2) is 7.06. The van der Waals surface area contributed by atoms with Crippen LogP contribution in [0.4, 0.5) is 5.82 Å². The minimum absolute atomic E-state index is 0.188. The van der Waals surface area contributed by atoms with Gasteiger partial charge in [-0.05, 0) is 49.4 Å². The van der Waals surface area contributed by atoms with Gasteiger partial charge in [0.15, 0.2) is 23.0 Å². The Labute approximate surface area is 160 Å². The van der Waals surface area contributed by atoms with Crippen molar-refractivity contribution >= 4 is 22.5 Å². The van der Waals surface area contributed by atoms with Crippen LogP contribution >= 0.6 is 0 Å². The summed E-state index contributed by atoms with van der Waals surface area (Å²) in [4.78, 5) is 9.16. The number of nitrogens with one attached hydrogen (secondary N) is 1. The van der Waals surface area contributed by atoms with Crippen LogP contribution in [0.2, 0.25) is 0 Å². The molecule has 8 heteroatoms. The van der Waals surface area contributed by atoms with Crippen molar-refractivity contribution in [3.63, 3.8) is 0 Å². The van der Waals surface area contributed by atoms with Gasteiger partial charge in [0.2, 0.25) is 0 Å². The number of hydrogen-bond acceptors (Lipinski definition) is 7. The molecular formula is C20H18N6O2. The lowest BCUT2D eigenvalue weighted by molar-refractivity contribution is 0.404. The lowest BCUT2D eigenvalue weighted by Gasteiger charge is -2.12. The van der Waals surface area contributed by atoms with Crippen molar-refractivity contribution in [2.75, 3.05) is 18.4 Å². The first kappa shape index (κ1) is 17.6. The Hall–Kier alpha value is -3.83. The van der Waals surface area contributed by atoms with Crippen LogP contribution in [0.5, 0.6) is 11.5 Å². The summed E-state index contributed by atoms with van der Waals surface area (Å²) >= 11 is 0. The maximum absolute atomic E-state index is 9.90. The molecule has 4 rings (SSSR count). The van der Waals surface area contributed by atoms with Crippen molar-refractivity contribution in [1.29, 1.82) is 5.26 Å². The first-order chi connectivity index (χ1) is 13.6. The van der Waals surface area contributed by atoms with Gasteiger partial charge in [0.1, 0.15) is 0 Å². The summed E-state index contributed by atoms with van der Waals surface area (Å²) in [6.45, 7) is 1.20. The van der Waals surface area contributed by atoms with E-state index in [1.807, 2.05) is 10.5 Å². The van der Waals surface area contributed by atoms with Crippen molar-refractivity contribution in [3.8, 4) is 28.8 Å². The third kappa shape index (κ3) is 2.94. The summed E-state index contributed by atoms with van der Waals surface area (Å²) in [6, 6.07) is 12.0. The predicted octanol–water partition coefficient (Wildman–Crippen LogP) is 2.59. The van der Waals surface area contributed by atoms with Crippen molar-refractivity contribution in [2.24, 2.45) is 5.73 Å². The van der Waals surface area contributed by atoms with Gasteiger partial charge in [0.25, 0.3) is 0 Å². The Balaban J connectivity index is 1.99. The molecule has 0 radical (unpaired) electrons. The number of aromatic nitrogens is 3. The molecule has 0 aliphatic rings. The van der Waals surface area contributed by atoms with E-state index in [9.17, 15) is 15.5 Å². The van der Waals surface area contributed by atoms with E-state index >= 15 is 0 Å². The molecule has 0 unspecified atom stereocenters. The van der Waals surface area contributed by atoms with Crippen LogP contribution in [0.25, 0.3) is 27.9 Å². The third-order valence-corrected chi connectivity index (χ3v) is 4.50. The molecule has 8 nitrogen and oxygen atoms in total. The number of nitrogens with zero attached hydrogens (tertiary/aromatic N) is 4. The standard InChI is InChI=1S/C20H18N6O2/c21-6-1-7-23-19-20-24-11-16(13-3-5-17(27)18(28)9-13)26(20)15-4-2-12(10-22)8-14(15)25-19/h2-5,8-9,11,27-28H,1,6-7,21H2,(H,23,25). The summed E-state index contributed by atoms with van der Waals surface area (Å²) in [7, 11) is 0. The number of phenols is 2. The zero-order valence-corrected chi connectivity index (χ0v) is 14.9. The highest BCUT2D eigenvalue weighted by atomic mass is 16.3. The first-order valence-corrected chi connectivity index (χ1v) is 8.80.